The van der Waals surface area contributed by atoms with Crippen LogP contribution in [0.15, 0.2) is 42.5 Å². The number of likely N-dealkylation sites (N-methyl/N-ethyl adjacent to an activating group) is 1. The van der Waals surface area contributed by atoms with Crippen molar-refractivity contribution in [1.29, 1.82) is 0 Å². The third kappa shape index (κ3) is 5.96. The number of benzene rings is 2. The van der Waals surface area contributed by atoms with E-state index in [1.165, 1.54) is 0 Å². The van der Waals surface area contributed by atoms with Crippen molar-refractivity contribution in [3.63, 3.8) is 0 Å². The molecule has 1 amide bonds. The lowest BCUT2D eigenvalue weighted by Gasteiger charge is -2.17. The molecule has 2 aromatic rings. The Labute approximate surface area is 153 Å². The molecule has 0 bridgehead atoms. The number of ether oxygens (including phenoxy) is 2. The fourth-order valence-electron chi connectivity index (χ4n) is 2.48. The van der Waals surface area contributed by atoms with Gasteiger partial charge in [-0.1, -0.05) is 23.7 Å². The largest absolute Gasteiger partial charge is 0.497 e. The Morgan fingerprint density at radius 2 is 1.84 bits per heavy atom. The zero-order chi connectivity index (χ0) is 18.2. The number of rotatable bonds is 8. The molecule has 2 rings (SSSR count). The van der Waals surface area contributed by atoms with Gasteiger partial charge in [0.15, 0.2) is 0 Å². The molecule has 6 heteroatoms. The summed E-state index contributed by atoms with van der Waals surface area (Å²) in [5.41, 5.74) is 1.97. The zero-order valence-corrected chi connectivity index (χ0v) is 15.5. The molecule has 1 N–H and O–H groups in total. The average molecular weight is 363 g/mol. The summed E-state index contributed by atoms with van der Waals surface area (Å²) in [4.78, 5) is 14.1. The first-order valence-electron chi connectivity index (χ1n) is 7.92. The Hall–Kier alpha value is -2.24. The molecule has 0 spiro atoms. The molecule has 25 heavy (non-hydrogen) atoms. The Morgan fingerprint density at radius 3 is 2.48 bits per heavy atom. The number of carbonyl (C=O) groups is 1. The van der Waals surface area contributed by atoms with Crippen molar-refractivity contribution >= 4 is 17.5 Å². The van der Waals surface area contributed by atoms with Gasteiger partial charge in [0, 0.05) is 23.7 Å². The SMILES string of the molecule is COc1ccc(CN(C)CC(=O)NCc2cc(Cl)ccc2OC)cc1. The van der Waals surface area contributed by atoms with Crippen molar-refractivity contribution in [2.24, 2.45) is 0 Å². The summed E-state index contributed by atoms with van der Waals surface area (Å²) in [7, 11) is 5.14. The van der Waals surface area contributed by atoms with Crippen molar-refractivity contribution in [2.75, 3.05) is 27.8 Å². The molecule has 134 valence electrons. The summed E-state index contributed by atoms with van der Waals surface area (Å²) in [6.07, 6.45) is 0. The molecule has 0 aromatic heterocycles. The average Bonchev–Trinajstić information content (AvgIpc) is 2.60. The van der Waals surface area contributed by atoms with Gasteiger partial charge in [-0.3, -0.25) is 9.69 Å². The van der Waals surface area contributed by atoms with E-state index in [0.29, 0.717) is 30.4 Å². The van der Waals surface area contributed by atoms with E-state index in [9.17, 15) is 4.79 Å². The van der Waals surface area contributed by atoms with Crippen LogP contribution in [-0.4, -0.2) is 38.6 Å². The van der Waals surface area contributed by atoms with E-state index in [1.807, 2.05) is 36.2 Å². The minimum atomic E-state index is -0.0574. The molecule has 0 aliphatic rings. The summed E-state index contributed by atoms with van der Waals surface area (Å²) in [5.74, 6) is 1.47. The lowest BCUT2D eigenvalue weighted by molar-refractivity contribution is -0.122. The van der Waals surface area contributed by atoms with Crippen LogP contribution in [0.25, 0.3) is 0 Å². The lowest BCUT2D eigenvalue weighted by Crippen LogP contribution is -2.34. The number of nitrogens with one attached hydrogen (secondary N) is 1. The maximum absolute atomic E-state index is 12.2. The second-order valence-corrected chi connectivity index (χ2v) is 6.19. The molecule has 0 atom stereocenters. The molecule has 2 aromatic carbocycles. The Kier molecular flexibility index (Phi) is 7.10. The van der Waals surface area contributed by atoms with Crippen LogP contribution in [-0.2, 0) is 17.9 Å². The van der Waals surface area contributed by atoms with Gasteiger partial charge in [-0.05, 0) is 42.9 Å². The van der Waals surface area contributed by atoms with Crippen LogP contribution in [0, 0.1) is 0 Å². The summed E-state index contributed by atoms with van der Waals surface area (Å²) < 4.78 is 10.4. The molecule has 5 nitrogen and oxygen atoms in total. The third-order valence-electron chi connectivity index (χ3n) is 3.74. The van der Waals surface area contributed by atoms with Crippen molar-refractivity contribution in [3.05, 3.63) is 58.6 Å². The molecule has 0 saturated carbocycles. The van der Waals surface area contributed by atoms with Crippen LogP contribution >= 0.6 is 11.6 Å². The Balaban J connectivity index is 1.84. The van der Waals surface area contributed by atoms with Gasteiger partial charge in [0.05, 0.1) is 20.8 Å². The van der Waals surface area contributed by atoms with Gasteiger partial charge >= 0.3 is 0 Å². The smallest absolute Gasteiger partial charge is 0.234 e. The number of nitrogens with zero attached hydrogens (tertiary/aromatic N) is 1. The molecule has 0 fully saturated rings. The Morgan fingerprint density at radius 1 is 1.12 bits per heavy atom. The van der Waals surface area contributed by atoms with Crippen molar-refractivity contribution in [1.82, 2.24) is 10.2 Å². The van der Waals surface area contributed by atoms with E-state index < -0.39 is 0 Å². The van der Waals surface area contributed by atoms with Crippen LogP contribution in [0.2, 0.25) is 5.02 Å². The van der Waals surface area contributed by atoms with Gasteiger partial charge in [-0.25, -0.2) is 0 Å². The van der Waals surface area contributed by atoms with E-state index in [4.69, 9.17) is 21.1 Å². The molecule has 0 radical (unpaired) electrons. The number of halogens is 1. The molecule has 0 aliphatic carbocycles. The van der Waals surface area contributed by atoms with E-state index in [2.05, 4.69) is 5.32 Å². The number of amides is 1. The quantitative estimate of drug-likeness (QED) is 0.784. The van der Waals surface area contributed by atoms with Crippen LogP contribution in [0.5, 0.6) is 11.5 Å². The molecular weight excluding hydrogens is 340 g/mol. The van der Waals surface area contributed by atoms with Crippen LogP contribution in [0.1, 0.15) is 11.1 Å². The van der Waals surface area contributed by atoms with Gasteiger partial charge in [0.2, 0.25) is 5.91 Å². The van der Waals surface area contributed by atoms with Crippen LogP contribution in [0.3, 0.4) is 0 Å². The van der Waals surface area contributed by atoms with Gasteiger partial charge in [0.25, 0.3) is 0 Å². The highest BCUT2D eigenvalue weighted by Crippen LogP contribution is 2.22. The fourth-order valence-corrected chi connectivity index (χ4v) is 2.67. The first-order chi connectivity index (χ1) is 12.0. The predicted octanol–water partition coefficient (Wildman–Crippen LogP) is 3.11. The predicted molar refractivity (Wildman–Crippen MR) is 99.2 cm³/mol. The maximum Gasteiger partial charge on any atom is 0.234 e. The topological polar surface area (TPSA) is 50.8 Å². The minimum absolute atomic E-state index is 0.0574. The highest BCUT2D eigenvalue weighted by Gasteiger charge is 2.09. The molecule has 0 unspecified atom stereocenters. The van der Waals surface area contributed by atoms with Gasteiger partial charge < -0.3 is 14.8 Å². The summed E-state index contributed by atoms with van der Waals surface area (Å²) >= 11 is 6.00. The first kappa shape index (κ1) is 19.1. The number of carbonyl (C=O) groups excluding carboxylic acids is 1. The maximum atomic E-state index is 12.2. The summed E-state index contributed by atoms with van der Waals surface area (Å²) in [6.45, 7) is 1.35. The van der Waals surface area contributed by atoms with E-state index >= 15 is 0 Å². The number of hydrogen-bond donors (Lipinski definition) is 1. The standard InChI is InChI=1S/C19H23ClN2O3/c1-22(12-14-4-7-17(24-2)8-5-14)13-19(23)21-11-15-10-16(20)6-9-18(15)25-3/h4-10H,11-13H2,1-3H3,(H,21,23). The summed E-state index contributed by atoms with van der Waals surface area (Å²) in [6, 6.07) is 13.1. The minimum Gasteiger partial charge on any atom is -0.497 e. The third-order valence-corrected chi connectivity index (χ3v) is 3.98. The molecule has 0 aliphatic heterocycles. The normalized spacial score (nSPS) is 10.6. The second-order valence-electron chi connectivity index (χ2n) is 5.75. The zero-order valence-electron chi connectivity index (χ0n) is 14.7. The van der Waals surface area contributed by atoms with E-state index in [0.717, 1.165) is 16.9 Å². The van der Waals surface area contributed by atoms with Crippen LogP contribution in [0.4, 0.5) is 0 Å². The number of methoxy groups -OCH3 is 2. The number of hydrogen-bond acceptors (Lipinski definition) is 4. The van der Waals surface area contributed by atoms with Gasteiger partial charge in [-0.2, -0.15) is 0 Å². The van der Waals surface area contributed by atoms with Crippen molar-refractivity contribution < 1.29 is 14.3 Å². The lowest BCUT2D eigenvalue weighted by atomic mass is 10.2. The van der Waals surface area contributed by atoms with Gasteiger partial charge in [0.1, 0.15) is 11.5 Å². The monoisotopic (exact) mass is 362 g/mol. The first-order valence-corrected chi connectivity index (χ1v) is 8.30. The van der Waals surface area contributed by atoms with E-state index in [-0.39, 0.29) is 5.91 Å². The highest BCUT2D eigenvalue weighted by molar-refractivity contribution is 6.30. The van der Waals surface area contributed by atoms with Gasteiger partial charge in [-0.15, -0.1) is 0 Å². The molecular formula is C19H23ClN2O3. The van der Waals surface area contributed by atoms with Crippen LogP contribution < -0.4 is 14.8 Å². The van der Waals surface area contributed by atoms with E-state index in [1.54, 1.807) is 32.4 Å². The summed E-state index contributed by atoms with van der Waals surface area (Å²) in [5, 5.41) is 3.51. The fraction of sp³-hybridized carbons (Fsp3) is 0.316. The van der Waals surface area contributed by atoms with Crippen molar-refractivity contribution in [3.8, 4) is 11.5 Å². The highest BCUT2D eigenvalue weighted by atomic mass is 35.5. The molecule has 0 saturated heterocycles. The van der Waals surface area contributed by atoms with Crippen molar-refractivity contribution in [2.45, 2.75) is 13.1 Å². The second kappa shape index (κ2) is 9.30. The molecule has 0 heterocycles. The Bertz CT molecular complexity index is 704.